The number of aliphatic imine (C=N–C) groups is 1. The molecule has 1 fully saturated rings. The number of aromatic hydroxyl groups is 1. The number of aromatic nitrogens is 3. The Morgan fingerprint density at radius 1 is 1.20 bits per heavy atom. The van der Waals surface area contributed by atoms with Gasteiger partial charge in [-0.1, -0.05) is 19.3 Å². The quantitative estimate of drug-likeness (QED) is 0.737. The van der Waals surface area contributed by atoms with Crippen molar-refractivity contribution in [3.63, 3.8) is 0 Å². The van der Waals surface area contributed by atoms with Crippen molar-refractivity contribution in [2.75, 3.05) is 5.32 Å². The first-order valence-electron chi connectivity index (χ1n) is 8.06. The van der Waals surface area contributed by atoms with Crippen molar-refractivity contribution in [3.8, 4) is 5.88 Å². The molecule has 134 valence electrons. The summed E-state index contributed by atoms with van der Waals surface area (Å²) in [5, 5.41) is 13.5. The fourth-order valence-electron chi connectivity index (χ4n) is 3.18. The lowest BCUT2D eigenvalue weighted by Crippen LogP contribution is -2.22. The van der Waals surface area contributed by atoms with Gasteiger partial charge in [0.15, 0.2) is 5.82 Å². The van der Waals surface area contributed by atoms with Gasteiger partial charge in [-0.15, -0.1) is 24.8 Å². The van der Waals surface area contributed by atoms with Crippen LogP contribution in [-0.2, 0) is 0 Å². The Labute approximate surface area is 158 Å². The Bertz CT molecular complexity index is 781. The minimum absolute atomic E-state index is 0. The van der Waals surface area contributed by atoms with Gasteiger partial charge >= 0.3 is 0 Å². The molecule has 6 nitrogen and oxygen atoms in total. The van der Waals surface area contributed by atoms with Gasteiger partial charge in [0.2, 0.25) is 11.8 Å². The smallest absolute Gasteiger partial charge is 0.238 e. The molecule has 0 aromatic carbocycles. The summed E-state index contributed by atoms with van der Waals surface area (Å²) in [7, 11) is 0. The summed E-state index contributed by atoms with van der Waals surface area (Å²) in [4.78, 5) is 15.8. The Hall–Kier alpha value is -2.05. The fourth-order valence-corrected chi connectivity index (χ4v) is 3.18. The van der Waals surface area contributed by atoms with Crippen LogP contribution in [-0.4, -0.2) is 32.3 Å². The molecule has 0 spiro atoms. The lowest BCUT2D eigenvalue weighted by molar-refractivity contribution is 0.452. The van der Waals surface area contributed by atoms with Crippen molar-refractivity contribution < 1.29 is 5.11 Å². The van der Waals surface area contributed by atoms with E-state index in [4.69, 9.17) is 0 Å². The highest BCUT2D eigenvalue weighted by atomic mass is 35.5. The molecule has 1 aliphatic heterocycles. The van der Waals surface area contributed by atoms with Crippen LogP contribution >= 0.6 is 24.8 Å². The van der Waals surface area contributed by atoms with Crippen LogP contribution in [0.5, 0.6) is 5.88 Å². The Morgan fingerprint density at radius 2 is 2.00 bits per heavy atom. The Morgan fingerprint density at radius 3 is 2.80 bits per heavy atom. The van der Waals surface area contributed by atoms with E-state index in [1.165, 1.54) is 19.3 Å². The third-order valence-corrected chi connectivity index (χ3v) is 4.38. The van der Waals surface area contributed by atoms with Crippen molar-refractivity contribution >= 4 is 54.4 Å². The lowest BCUT2D eigenvalue weighted by Gasteiger charge is -2.22. The molecule has 2 aromatic rings. The number of pyridine rings is 1. The van der Waals surface area contributed by atoms with Crippen LogP contribution < -0.4 is 5.32 Å². The molecule has 0 unspecified atom stereocenters. The predicted octanol–water partition coefficient (Wildman–Crippen LogP) is 4.36. The fraction of sp³-hybridized carbons (Fsp3) is 0.353. The monoisotopic (exact) mass is 381 g/mol. The number of aromatic amines is 1. The molecule has 3 heterocycles. The number of nitrogens with zero attached hydrogens (tertiary/aromatic N) is 3. The standard InChI is InChI=1S/C17H19N5O.2ClH/c23-16-14(9-11-10-19-15-13(11)7-4-8-18-15)21-17(22-16)20-12-5-2-1-3-6-12;;/h4,7-10,12,23H,1-3,5-6H2,(H2,20,21,22);2*1H. The molecule has 0 amide bonds. The zero-order valence-corrected chi connectivity index (χ0v) is 15.2. The van der Waals surface area contributed by atoms with Gasteiger partial charge in [-0.3, -0.25) is 0 Å². The van der Waals surface area contributed by atoms with Crippen LogP contribution in [0.15, 0.2) is 23.3 Å². The number of rotatable bonds is 3. The van der Waals surface area contributed by atoms with Crippen LogP contribution in [0.1, 0.15) is 43.4 Å². The van der Waals surface area contributed by atoms with Gasteiger partial charge in [-0.2, -0.15) is 4.98 Å². The maximum atomic E-state index is 10.1. The van der Waals surface area contributed by atoms with E-state index < -0.39 is 0 Å². The average molecular weight is 382 g/mol. The predicted molar refractivity (Wildman–Crippen MR) is 106 cm³/mol. The molecule has 1 saturated carbocycles. The van der Waals surface area contributed by atoms with Crippen LogP contribution in [0, 0.1) is 0 Å². The summed E-state index contributed by atoms with van der Waals surface area (Å²) in [6, 6.07) is 4.28. The molecule has 0 radical (unpaired) electrons. The third kappa shape index (κ3) is 4.14. The molecule has 2 aliphatic rings. The molecular formula is C17H21Cl2N5O. The number of anilines is 1. The average Bonchev–Trinajstić information content (AvgIpc) is 3.13. The van der Waals surface area contributed by atoms with Crippen molar-refractivity contribution in [1.29, 1.82) is 0 Å². The summed E-state index contributed by atoms with van der Waals surface area (Å²) in [6.45, 7) is 0. The highest BCUT2D eigenvalue weighted by Crippen LogP contribution is 2.32. The van der Waals surface area contributed by atoms with Crippen molar-refractivity contribution in [3.05, 3.63) is 29.6 Å². The molecular weight excluding hydrogens is 361 g/mol. The SMILES string of the molecule is Cl.Cl.Oc1nc(NC2CCCCC2)[nH]c1C=C1C=Nc2ncccc21. The molecule has 4 rings (SSSR count). The van der Waals surface area contributed by atoms with Gasteiger partial charge in [-0.05, 0) is 31.1 Å². The maximum absolute atomic E-state index is 10.1. The number of allylic oxidation sites excluding steroid dienone is 1. The van der Waals surface area contributed by atoms with E-state index in [9.17, 15) is 5.11 Å². The van der Waals surface area contributed by atoms with Gasteiger partial charge in [0.05, 0.1) is 0 Å². The normalized spacial score (nSPS) is 17.7. The maximum Gasteiger partial charge on any atom is 0.238 e. The van der Waals surface area contributed by atoms with E-state index in [0.717, 1.165) is 24.0 Å². The van der Waals surface area contributed by atoms with Gasteiger partial charge < -0.3 is 15.4 Å². The van der Waals surface area contributed by atoms with E-state index in [-0.39, 0.29) is 30.7 Å². The van der Waals surface area contributed by atoms with Gasteiger partial charge in [-0.25, -0.2) is 9.98 Å². The van der Waals surface area contributed by atoms with E-state index in [1.807, 2.05) is 18.2 Å². The second kappa shape index (κ2) is 8.36. The first-order valence-corrected chi connectivity index (χ1v) is 8.06. The highest BCUT2D eigenvalue weighted by molar-refractivity contribution is 6.20. The first kappa shape index (κ1) is 19.3. The molecule has 3 N–H and O–H groups in total. The molecule has 8 heteroatoms. The number of nitrogens with one attached hydrogen (secondary N) is 2. The summed E-state index contributed by atoms with van der Waals surface area (Å²) >= 11 is 0. The van der Waals surface area contributed by atoms with E-state index in [0.29, 0.717) is 23.5 Å². The summed E-state index contributed by atoms with van der Waals surface area (Å²) in [6.07, 6.45) is 11.5. The van der Waals surface area contributed by atoms with E-state index in [2.05, 4.69) is 25.3 Å². The highest BCUT2D eigenvalue weighted by Gasteiger charge is 2.17. The summed E-state index contributed by atoms with van der Waals surface area (Å²) in [5.74, 6) is 1.34. The summed E-state index contributed by atoms with van der Waals surface area (Å²) in [5.41, 5.74) is 2.46. The second-order valence-electron chi connectivity index (χ2n) is 6.03. The first-order chi connectivity index (χ1) is 11.3. The molecule has 0 saturated heterocycles. The topological polar surface area (TPSA) is 86.2 Å². The zero-order valence-electron chi connectivity index (χ0n) is 13.6. The number of halogens is 2. The van der Waals surface area contributed by atoms with Crippen molar-refractivity contribution in [2.24, 2.45) is 4.99 Å². The number of H-pyrrole nitrogens is 1. The van der Waals surface area contributed by atoms with Crippen molar-refractivity contribution in [2.45, 2.75) is 38.1 Å². The number of hydrogen-bond donors (Lipinski definition) is 3. The molecule has 25 heavy (non-hydrogen) atoms. The van der Waals surface area contributed by atoms with Gasteiger partial charge in [0, 0.05) is 29.6 Å². The van der Waals surface area contributed by atoms with Crippen LogP contribution in [0.4, 0.5) is 11.8 Å². The number of imidazole rings is 1. The Balaban J connectivity index is 0.00000113. The van der Waals surface area contributed by atoms with Crippen LogP contribution in [0.3, 0.4) is 0 Å². The van der Waals surface area contributed by atoms with Crippen LogP contribution in [0.25, 0.3) is 11.6 Å². The van der Waals surface area contributed by atoms with Crippen LogP contribution in [0.2, 0.25) is 0 Å². The molecule has 2 aromatic heterocycles. The number of hydrogen-bond acceptors (Lipinski definition) is 5. The largest absolute Gasteiger partial charge is 0.492 e. The van der Waals surface area contributed by atoms with Crippen molar-refractivity contribution in [1.82, 2.24) is 15.0 Å². The zero-order chi connectivity index (χ0) is 15.6. The van der Waals surface area contributed by atoms with E-state index >= 15 is 0 Å². The minimum Gasteiger partial charge on any atom is -0.492 e. The van der Waals surface area contributed by atoms with E-state index in [1.54, 1.807) is 12.4 Å². The second-order valence-corrected chi connectivity index (χ2v) is 6.03. The minimum atomic E-state index is 0. The third-order valence-electron chi connectivity index (χ3n) is 4.38. The Kier molecular flexibility index (Phi) is 6.45. The lowest BCUT2D eigenvalue weighted by atomic mass is 9.96. The molecule has 0 bridgehead atoms. The van der Waals surface area contributed by atoms with Gasteiger partial charge in [0.25, 0.3) is 0 Å². The van der Waals surface area contributed by atoms with Gasteiger partial charge in [0.1, 0.15) is 5.69 Å². The number of fused-ring (bicyclic) bond motifs is 1. The molecule has 0 atom stereocenters. The molecule has 1 aliphatic carbocycles. The summed E-state index contributed by atoms with van der Waals surface area (Å²) < 4.78 is 0.